The molecule has 1 aromatic rings. The van der Waals surface area contributed by atoms with Gasteiger partial charge in [-0.3, -0.25) is 10.1 Å². The second kappa shape index (κ2) is 5.79. The van der Waals surface area contributed by atoms with E-state index in [-0.39, 0.29) is 5.00 Å². The van der Waals surface area contributed by atoms with Crippen molar-refractivity contribution in [2.45, 2.75) is 26.4 Å². The summed E-state index contributed by atoms with van der Waals surface area (Å²) in [6.07, 6.45) is 0.788. The van der Waals surface area contributed by atoms with E-state index in [1.54, 1.807) is 26.8 Å². The summed E-state index contributed by atoms with van der Waals surface area (Å²) in [5.74, 6) is 0. The molecule has 0 aliphatic carbocycles. The van der Waals surface area contributed by atoms with E-state index < -0.39 is 16.6 Å². The second-order valence-electron chi connectivity index (χ2n) is 4.68. The number of rotatable bonds is 3. The topological polar surface area (TPSA) is 85.0 Å². The van der Waals surface area contributed by atoms with Crippen LogP contribution in [0.3, 0.4) is 0 Å². The van der Waals surface area contributed by atoms with Crippen molar-refractivity contribution in [2.24, 2.45) is 5.10 Å². The molecule has 19 heavy (non-hydrogen) atoms. The Morgan fingerprint density at radius 2 is 2.16 bits per heavy atom. The minimum Gasteiger partial charge on any atom is -0.442 e. The van der Waals surface area contributed by atoms with Crippen LogP contribution >= 0.6 is 11.3 Å². The van der Waals surface area contributed by atoms with Crippen LogP contribution in [0.4, 0.5) is 9.80 Å². The largest absolute Gasteiger partial charge is 0.442 e. The molecule has 1 rings (SSSR count). The highest BCUT2D eigenvalue weighted by Gasteiger charge is 2.19. The third kappa shape index (κ3) is 5.04. The minimum absolute atomic E-state index is 0.0290. The van der Waals surface area contributed by atoms with Gasteiger partial charge in [0, 0.05) is 13.1 Å². The van der Waals surface area contributed by atoms with Crippen molar-refractivity contribution in [3.8, 4) is 0 Å². The van der Waals surface area contributed by atoms with Crippen molar-refractivity contribution in [3.05, 3.63) is 27.1 Å². The molecule has 8 heteroatoms. The molecule has 0 aliphatic heterocycles. The van der Waals surface area contributed by atoms with Crippen LogP contribution in [0.25, 0.3) is 0 Å². The molecule has 0 unspecified atom stereocenters. The van der Waals surface area contributed by atoms with Crippen LogP contribution in [0.1, 0.15) is 25.6 Å². The fourth-order valence-corrected chi connectivity index (χ4v) is 1.72. The van der Waals surface area contributed by atoms with Crippen molar-refractivity contribution in [1.82, 2.24) is 5.01 Å². The van der Waals surface area contributed by atoms with E-state index in [0.717, 1.165) is 16.3 Å². The highest BCUT2D eigenvalue weighted by Crippen LogP contribution is 2.22. The highest BCUT2D eigenvalue weighted by atomic mass is 32.1. The molecule has 0 aliphatic rings. The number of hydrazone groups is 1. The molecule has 0 bridgehead atoms. The van der Waals surface area contributed by atoms with Crippen LogP contribution in [0.15, 0.2) is 17.2 Å². The first kappa shape index (κ1) is 15.1. The van der Waals surface area contributed by atoms with Gasteiger partial charge < -0.3 is 4.74 Å². The number of hydrogen-bond donors (Lipinski definition) is 0. The van der Waals surface area contributed by atoms with Crippen molar-refractivity contribution < 1.29 is 14.5 Å². The van der Waals surface area contributed by atoms with Gasteiger partial charge in [-0.2, -0.15) is 5.10 Å². The first-order valence-electron chi connectivity index (χ1n) is 5.44. The molecule has 0 fully saturated rings. The van der Waals surface area contributed by atoms with Gasteiger partial charge in [0.1, 0.15) is 5.60 Å². The Morgan fingerprint density at radius 3 is 2.63 bits per heavy atom. The number of hydrogen-bond acceptors (Lipinski definition) is 6. The Bertz CT molecular complexity index is 504. The average molecular weight is 285 g/mol. The molecular formula is C11H15N3O4S. The first-order chi connectivity index (χ1) is 8.69. The molecule has 0 N–H and O–H groups in total. The van der Waals surface area contributed by atoms with Gasteiger partial charge in [-0.25, -0.2) is 9.80 Å². The molecule has 1 amide bonds. The summed E-state index contributed by atoms with van der Waals surface area (Å²) in [5.41, 5.74) is -0.595. The van der Waals surface area contributed by atoms with Gasteiger partial charge in [-0.15, -0.1) is 0 Å². The summed E-state index contributed by atoms with van der Waals surface area (Å²) >= 11 is 0.981. The number of carbonyl (C=O) groups is 1. The Kier molecular flexibility index (Phi) is 4.60. The molecule has 7 nitrogen and oxygen atoms in total. The number of nitro groups is 1. The number of amides is 1. The van der Waals surface area contributed by atoms with Crippen LogP contribution in [-0.4, -0.2) is 34.9 Å². The quantitative estimate of drug-likeness (QED) is 0.485. The Labute approximate surface area is 114 Å². The molecule has 1 aromatic heterocycles. The van der Waals surface area contributed by atoms with E-state index in [9.17, 15) is 14.9 Å². The van der Waals surface area contributed by atoms with Gasteiger partial charge >= 0.3 is 11.1 Å². The molecule has 0 atom stereocenters. The summed E-state index contributed by atoms with van der Waals surface area (Å²) < 4.78 is 5.10. The Morgan fingerprint density at radius 1 is 1.53 bits per heavy atom. The standard InChI is InChI=1S/C11H15N3O4S/c1-11(2,3)18-10(15)13(4)12-7-8-5-6-9(19-8)14(16)17/h5-7H,1-4H3/b12-7+. The fraction of sp³-hybridized carbons (Fsp3) is 0.455. The average Bonchev–Trinajstić information content (AvgIpc) is 2.72. The van der Waals surface area contributed by atoms with E-state index >= 15 is 0 Å². The summed E-state index contributed by atoms with van der Waals surface area (Å²) in [5, 5.41) is 15.4. The molecule has 0 saturated heterocycles. The zero-order chi connectivity index (χ0) is 14.6. The number of thiophene rings is 1. The highest BCUT2D eigenvalue weighted by molar-refractivity contribution is 7.16. The van der Waals surface area contributed by atoms with Crippen LogP contribution in [0.2, 0.25) is 0 Å². The van der Waals surface area contributed by atoms with Crippen molar-refractivity contribution in [1.29, 1.82) is 0 Å². The molecule has 1 heterocycles. The fourth-order valence-electron chi connectivity index (χ4n) is 1.03. The molecule has 0 aromatic carbocycles. The number of carbonyl (C=O) groups excluding carboxylic acids is 1. The zero-order valence-electron chi connectivity index (χ0n) is 11.1. The second-order valence-corrected chi connectivity index (χ2v) is 5.78. The van der Waals surface area contributed by atoms with Gasteiger partial charge in [-0.05, 0) is 26.8 Å². The first-order valence-corrected chi connectivity index (χ1v) is 6.25. The molecule has 0 radical (unpaired) electrons. The SMILES string of the molecule is CN(/N=C/c1ccc([N+](=O)[O-])s1)C(=O)OC(C)(C)C. The third-order valence-electron chi connectivity index (χ3n) is 1.81. The Hall–Kier alpha value is -1.96. The minimum atomic E-state index is -0.595. The van der Waals surface area contributed by atoms with Crippen LogP contribution in [0.5, 0.6) is 0 Å². The van der Waals surface area contributed by atoms with E-state index in [0.29, 0.717) is 4.88 Å². The van der Waals surface area contributed by atoms with Gasteiger partial charge in [0.05, 0.1) is 16.0 Å². The van der Waals surface area contributed by atoms with Crippen LogP contribution in [0, 0.1) is 10.1 Å². The van der Waals surface area contributed by atoms with Gasteiger partial charge in [0.15, 0.2) is 0 Å². The smallest absolute Gasteiger partial charge is 0.430 e. The van der Waals surface area contributed by atoms with Gasteiger partial charge in [-0.1, -0.05) is 11.3 Å². The van der Waals surface area contributed by atoms with Gasteiger partial charge in [0.2, 0.25) is 0 Å². The van der Waals surface area contributed by atoms with E-state index in [4.69, 9.17) is 4.74 Å². The van der Waals surface area contributed by atoms with E-state index in [2.05, 4.69) is 5.10 Å². The number of nitrogens with zero attached hydrogens (tertiary/aromatic N) is 3. The van der Waals surface area contributed by atoms with Crippen molar-refractivity contribution in [3.63, 3.8) is 0 Å². The summed E-state index contributed by atoms with van der Waals surface area (Å²) in [6.45, 7) is 5.27. The Balaban J connectivity index is 2.65. The predicted molar refractivity (Wildman–Crippen MR) is 72.6 cm³/mol. The lowest BCUT2D eigenvalue weighted by atomic mass is 10.2. The number of ether oxygens (including phenoxy) is 1. The zero-order valence-corrected chi connectivity index (χ0v) is 11.9. The van der Waals surface area contributed by atoms with Gasteiger partial charge in [0.25, 0.3) is 0 Å². The maximum Gasteiger partial charge on any atom is 0.430 e. The summed E-state index contributed by atoms with van der Waals surface area (Å²) in [6, 6.07) is 2.95. The normalized spacial score (nSPS) is 11.6. The predicted octanol–water partition coefficient (Wildman–Crippen LogP) is 2.86. The molecule has 104 valence electrons. The lowest BCUT2D eigenvalue weighted by Gasteiger charge is -2.21. The molecule has 0 spiro atoms. The van der Waals surface area contributed by atoms with E-state index in [1.807, 2.05) is 0 Å². The van der Waals surface area contributed by atoms with Crippen LogP contribution in [-0.2, 0) is 4.74 Å². The van der Waals surface area contributed by atoms with Crippen LogP contribution < -0.4 is 0 Å². The van der Waals surface area contributed by atoms with Crippen molar-refractivity contribution >= 4 is 28.6 Å². The summed E-state index contributed by atoms with van der Waals surface area (Å²) in [7, 11) is 1.45. The van der Waals surface area contributed by atoms with E-state index in [1.165, 1.54) is 19.3 Å². The lowest BCUT2D eigenvalue weighted by molar-refractivity contribution is -0.380. The third-order valence-corrected chi connectivity index (χ3v) is 2.78. The molecule has 0 saturated carbocycles. The molecular weight excluding hydrogens is 270 g/mol. The monoisotopic (exact) mass is 285 g/mol. The maximum atomic E-state index is 11.6. The summed E-state index contributed by atoms with van der Waals surface area (Å²) in [4.78, 5) is 22.2. The maximum absolute atomic E-state index is 11.6. The van der Waals surface area contributed by atoms with Crippen molar-refractivity contribution in [2.75, 3.05) is 7.05 Å². The lowest BCUT2D eigenvalue weighted by Crippen LogP contribution is -2.31.